The number of thiophene rings is 1. The molecule has 0 fully saturated rings. The molecule has 0 saturated heterocycles. The van der Waals surface area contributed by atoms with Gasteiger partial charge >= 0.3 is 0 Å². The van der Waals surface area contributed by atoms with E-state index in [0.717, 1.165) is 32.6 Å². The molecule has 2 aromatic heterocycles. The van der Waals surface area contributed by atoms with Crippen molar-refractivity contribution in [1.82, 2.24) is 10.3 Å². The summed E-state index contributed by atoms with van der Waals surface area (Å²) < 4.78 is 5.16. The number of benzene rings is 1. The minimum Gasteiger partial charge on any atom is -0.497 e. The Labute approximate surface area is 170 Å². The van der Waals surface area contributed by atoms with Gasteiger partial charge in [0.05, 0.1) is 29.9 Å². The fraction of sp³-hybridized carbons (Fsp3) is 0.250. The second kappa shape index (κ2) is 8.53. The van der Waals surface area contributed by atoms with Crippen LogP contribution < -0.4 is 10.1 Å². The van der Waals surface area contributed by atoms with Gasteiger partial charge in [0.1, 0.15) is 10.8 Å². The van der Waals surface area contributed by atoms with Gasteiger partial charge in [0.2, 0.25) is 6.10 Å². The Morgan fingerprint density at radius 1 is 1.29 bits per heavy atom. The van der Waals surface area contributed by atoms with E-state index in [9.17, 15) is 4.79 Å². The number of aromatic nitrogens is 1. The van der Waals surface area contributed by atoms with Crippen molar-refractivity contribution in [1.29, 1.82) is 0 Å². The average Bonchev–Trinajstić information content (AvgIpc) is 3.47. The van der Waals surface area contributed by atoms with E-state index in [4.69, 9.17) is 9.57 Å². The van der Waals surface area contributed by atoms with Gasteiger partial charge < -0.3 is 14.9 Å². The molecule has 1 unspecified atom stereocenters. The van der Waals surface area contributed by atoms with Crippen molar-refractivity contribution in [2.24, 2.45) is 5.16 Å². The Morgan fingerprint density at radius 3 is 2.89 bits per heavy atom. The zero-order valence-electron chi connectivity index (χ0n) is 15.3. The van der Waals surface area contributed by atoms with Gasteiger partial charge in [0, 0.05) is 18.2 Å². The number of oxime groups is 1. The van der Waals surface area contributed by atoms with Crippen LogP contribution in [-0.2, 0) is 22.6 Å². The summed E-state index contributed by atoms with van der Waals surface area (Å²) in [5.74, 6) is 0.647. The first kappa shape index (κ1) is 18.6. The molecule has 3 aromatic rings. The van der Waals surface area contributed by atoms with Crippen molar-refractivity contribution in [2.45, 2.75) is 25.5 Å². The van der Waals surface area contributed by atoms with Gasteiger partial charge in [-0.1, -0.05) is 23.4 Å². The van der Waals surface area contributed by atoms with Crippen LogP contribution >= 0.6 is 22.7 Å². The SMILES string of the molecule is COc1ccc(CC2=NOC(C(=O)NCc3csc(-c4cccs4)n3)C2)cc1. The third-order valence-corrected chi connectivity index (χ3v) is 6.25. The Morgan fingerprint density at radius 2 is 2.14 bits per heavy atom. The maximum absolute atomic E-state index is 12.4. The molecule has 1 aliphatic heterocycles. The lowest BCUT2D eigenvalue weighted by atomic mass is 10.0. The van der Waals surface area contributed by atoms with Crippen molar-refractivity contribution in [3.8, 4) is 15.6 Å². The summed E-state index contributed by atoms with van der Waals surface area (Å²) in [5, 5.41) is 11.9. The molecular formula is C20H19N3O3S2. The Kier molecular flexibility index (Phi) is 5.68. The number of carbonyl (C=O) groups is 1. The summed E-state index contributed by atoms with van der Waals surface area (Å²) in [7, 11) is 1.64. The highest BCUT2D eigenvalue weighted by atomic mass is 32.1. The molecule has 0 saturated carbocycles. The number of hydrogen-bond donors (Lipinski definition) is 1. The van der Waals surface area contributed by atoms with Gasteiger partial charge in [-0.3, -0.25) is 4.79 Å². The molecule has 0 spiro atoms. The largest absolute Gasteiger partial charge is 0.497 e. The van der Waals surface area contributed by atoms with Crippen molar-refractivity contribution in [3.05, 3.63) is 58.4 Å². The molecule has 1 amide bonds. The number of hydrogen-bond acceptors (Lipinski definition) is 7. The van der Waals surface area contributed by atoms with Crippen LogP contribution in [0.5, 0.6) is 5.75 Å². The van der Waals surface area contributed by atoms with Crippen LogP contribution in [-0.4, -0.2) is 29.8 Å². The molecule has 6 nitrogen and oxygen atoms in total. The van der Waals surface area contributed by atoms with Crippen LogP contribution in [0.4, 0.5) is 0 Å². The molecule has 28 heavy (non-hydrogen) atoms. The van der Waals surface area contributed by atoms with Gasteiger partial charge in [-0.05, 0) is 29.1 Å². The van der Waals surface area contributed by atoms with Gasteiger partial charge in [0.15, 0.2) is 0 Å². The monoisotopic (exact) mass is 413 g/mol. The minimum atomic E-state index is -0.580. The molecule has 3 heterocycles. The first-order valence-corrected chi connectivity index (χ1v) is 10.6. The molecule has 0 radical (unpaired) electrons. The van der Waals surface area contributed by atoms with Crippen molar-refractivity contribution < 1.29 is 14.4 Å². The Balaban J connectivity index is 1.26. The van der Waals surface area contributed by atoms with E-state index in [-0.39, 0.29) is 5.91 Å². The number of methoxy groups -OCH3 is 1. The van der Waals surface area contributed by atoms with E-state index in [1.165, 1.54) is 0 Å². The number of nitrogens with one attached hydrogen (secondary N) is 1. The molecule has 1 atom stereocenters. The van der Waals surface area contributed by atoms with Crippen molar-refractivity contribution >= 4 is 34.3 Å². The summed E-state index contributed by atoms with van der Waals surface area (Å²) in [6.07, 6.45) is 0.572. The average molecular weight is 414 g/mol. The summed E-state index contributed by atoms with van der Waals surface area (Å²) >= 11 is 3.24. The third kappa shape index (κ3) is 4.40. The summed E-state index contributed by atoms with van der Waals surface area (Å²) in [6, 6.07) is 11.8. The number of thiazole rings is 1. The summed E-state index contributed by atoms with van der Waals surface area (Å²) in [4.78, 5) is 23.4. The molecule has 4 rings (SSSR count). The van der Waals surface area contributed by atoms with E-state index in [1.54, 1.807) is 29.8 Å². The highest BCUT2D eigenvalue weighted by Crippen LogP contribution is 2.27. The van der Waals surface area contributed by atoms with Gasteiger partial charge in [-0.15, -0.1) is 22.7 Å². The standard InChI is InChI=1S/C20H19N3O3S2/c1-25-16-6-4-13(5-7-16)9-14-10-17(26-23-14)19(24)21-11-15-12-28-20(22-15)18-3-2-8-27-18/h2-8,12,17H,9-11H2,1H3,(H,21,24). The van der Waals surface area contributed by atoms with Crippen LogP contribution in [0, 0.1) is 0 Å². The van der Waals surface area contributed by atoms with E-state index in [0.29, 0.717) is 19.4 Å². The van der Waals surface area contributed by atoms with Crippen molar-refractivity contribution in [2.75, 3.05) is 7.11 Å². The number of rotatable bonds is 7. The van der Waals surface area contributed by atoms with Gasteiger partial charge in [-0.2, -0.15) is 0 Å². The molecule has 1 aliphatic rings. The molecular weight excluding hydrogens is 394 g/mol. The Bertz CT molecular complexity index is 965. The lowest BCUT2D eigenvalue weighted by Gasteiger charge is -2.08. The second-order valence-electron chi connectivity index (χ2n) is 6.32. The van der Waals surface area contributed by atoms with Crippen LogP contribution in [0.2, 0.25) is 0 Å². The van der Waals surface area contributed by atoms with E-state index < -0.39 is 6.10 Å². The molecule has 0 aliphatic carbocycles. The third-order valence-electron chi connectivity index (χ3n) is 4.32. The van der Waals surface area contributed by atoms with E-state index in [1.807, 2.05) is 47.2 Å². The fourth-order valence-electron chi connectivity index (χ4n) is 2.84. The zero-order chi connectivity index (χ0) is 19.3. The first-order chi connectivity index (χ1) is 13.7. The normalized spacial score (nSPS) is 15.8. The second-order valence-corrected chi connectivity index (χ2v) is 8.13. The zero-order valence-corrected chi connectivity index (χ0v) is 16.9. The van der Waals surface area contributed by atoms with Gasteiger partial charge in [-0.25, -0.2) is 4.98 Å². The minimum absolute atomic E-state index is 0.167. The van der Waals surface area contributed by atoms with E-state index >= 15 is 0 Å². The van der Waals surface area contributed by atoms with Crippen molar-refractivity contribution in [3.63, 3.8) is 0 Å². The van der Waals surface area contributed by atoms with Crippen LogP contribution in [0.25, 0.3) is 9.88 Å². The number of amides is 1. The smallest absolute Gasteiger partial charge is 0.264 e. The van der Waals surface area contributed by atoms with Gasteiger partial charge in [0.25, 0.3) is 5.91 Å². The predicted molar refractivity (Wildman–Crippen MR) is 111 cm³/mol. The van der Waals surface area contributed by atoms with Crippen LogP contribution in [0.3, 0.4) is 0 Å². The lowest BCUT2D eigenvalue weighted by molar-refractivity contribution is -0.131. The fourth-order valence-corrected chi connectivity index (χ4v) is 4.48. The predicted octanol–water partition coefficient (Wildman–Crippen LogP) is 3.88. The molecule has 1 aromatic carbocycles. The number of carbonyl (C=O) groups excluding carboxylic acids is 1. The topological polar surface area (TPSA) is 72.8 Å². The molecule has 144 valence electrons. The highest BCUT2D eigenvalue weighted by Gasteiger charge is 2.28. The maximum Gasteiger partial charge on any atom is 0.264 e. The summed E-state index contributed by atoms with van der Waals surface area (Å²) in [5.41, 5.74) is 2.81. The van der Waals surface area contributed by atoms with Crippen LogP contribution in [0.1, 0.15) is 17.7 Å². The lowest BCUT2D eigenvalue weighted by Crippen LogP contribution is -2.34. The highest BCUT2D eigenvalue weighted by molar-refractivity contribution is 7.20. The Hall–Kier alpha value is -2.71. The van der Waals surface area contributed by atoms with E-state index in [2.05, 4.69) is 15.5 Å². The first-order valence-electron chi connectivity index (χ1n) is 8.82. The number of ether oxygens (including phenoxy) is 1. The molecule has 0 bridgehead atoms. The molecule has 8 heteroatoms. The van der Waals surface area contributed by atoms with Crippen LogP contribution in [0.15, 0.2) is 52.3 Å². The number of nitrogens with zero attached hydrogens (tertiary/aromatic N) is 2. The maximum atomic E-state index is 12.4. The quantitative estimate of drug-likeness (QED) is 0.638. The molecule has 1 N–H and O–H groups in total. The summed E-state index contributed by atoms with van der Waals surface area (Å²) in [6.45, 7) is 0.383.